The predicted molar refractivity (Wildman–Crippen MR) is 118 cm³/mol. The van der Waals surface area contributed by atoms with E-state index in [1.807, 2.05) is 24.3 Å². The molecule has 0 radical (unpaired) electrons. The van der Waals surface area contributed by atoms with Crippen LogP contribution in [0.2, 0.25) is 0 Å². The number of hydrogen-bond donors (Lipinski definition) is 1. The maximum atomic E-state index is 12.2. The number of para-hydroxylation sites is 1. The lowest BCUT2D eigenvalue weighted by Crippen LogP contribution is -2.12. The molecule has 6 nitrogen and oxygen atoms in total. The average molecular weight is 428 g/mol. The summed E-state index contributed by atoms with van der Waals surface area (Å²) in [6.45, 7) is 7.41. The Morgan fingerprint density at radius 3 is 2.86 bits per heavy atom. The third-order valence-corrected chi connectivity index (χ3v) is 6.01. The summed E-state index contributed by atoms with van der Waals surface area (Å²) in [6.07, 6.45) is 1.81. The molecule has 0 bridgehead atoms. The van der Waals surface area contributed by atoms with Gasteiger partial charge in [-0.05, 0) is 31.5 Å². The van der Waals surface area contributed by atoms with Gasteiger partial charge in [0.15, 0.2) is 5.13 Å². The summed E-state index contributed by atoms with van der Waals surface area (Å²) in [5.74, 6) is -0.0293. The topological polar surface area (TPSA) is 81.2 Å². The Morgan fingerprint density at radius 2 is 2.07 bits per heavy atom. The quantitative estimate of drug-likeness (QED) is 0.317. The van der Waals surface area contributed by atoms with E-state index in [-0.39, 0.29) is 12.5 Å². The van der Waals surface area contributed by atoms with E-state index in [1.54, 1.807) is 6.92 Å². The molecule has 0 saturated heterocycles. The zero-order chi connectivity index (χ0) is 20.8. The first-order valence-electron chi connectivity index (χ1n) is 9.02. The molecule has 0 aliphatic rings. The third kappa shape index (κ3) is 5.42. The van der Waals surface area contributed by atoms with E-state index in [9.17, 15) is 9.59 Å². The zero-order valence-corrected chi connectivity index (χ0v) is 17.9. The molecule has 0 atom stereocenters. The number of carbonyl (C=O) groups is 2. The Morgan fingerprint density at radius 1 is 1.28 bits per heavy atom. The van der Waals surface area contributed by atoms with Crippen molar-refractivity contribution in [1.29, 1.82) is 0 Å². The van der Waals surface area contributed by atoms with Crippen LogP contribution in [0.1, 0.15) is 27.3 Å². The van der Waals surface area contributed by atoms with Crippen molar-refractivity contribution >= 4 is 51.0 Å². The molecule has 29 heavy (non-hydrogen) atoms. The smallest absolute Gasteiger partial charge is 0.350 e. The van der Waals surface area contributed by atoms with Crippen LogP contribution in [0.5, 0.6) is 0 Å². The summed E-state index contributed by atoms with van der Waals surface area (Å²) in [5, 5.41) is 5.17. The van der Waals surface area contributed by atoms with Gasteiger partial charge in [0, 0.05) is 17.6 Å². The van der Waals surface area contributed by atoms with E-state index in [1.165, 1.54) is 17.8 Å². The minimum Gasteiger partial charge on any atom is -0.457 e. The molecule has 0 saturated carbocycles. The highest BCUT2D eigenvalue weighted by molar-refractivity contribution is 7.99. The summed E-state index contributed by atoms with van der Waals surface area (Å²) in [7, 11) is 0. The first kappa shape index (κ1) is 21.0. The van der Waals surface area contributed by atoms with Gasteiger partial charge in [-0.3, -0.25) is 4.79 Å². The lowest BCUT2D eigenvalue weighted by molar-refractivity contribution is -0.115. The van der Waals surface area contributed by atoms with E-state index >= 15 is 0 Å². The molecule has 3 rings (SSSR count). The molecule has 0 spiro atoms. The number of aromatic nitrogens is 2. The highest BCUT2D eigenvalue weighted by Gasteiger charge is 2.17. The number of carbonyl (C=O) groups excluding carboxylic acids is 2. The van der Waals surface area contributed by atoms with Gasteiger partial charge >= 0.3 is 5.97 Å². The van der Waals surface area contributed by atoms with Crippen LogP contribution in [-0.2, 0) is 9.53 Å². The zero-order valence-electron chi connectivity index (χ0n) is 16.2. The summed E-state index contributed by atoms with van der Waals surface area (Å²) in [4.78, 5) is 33.4. The van der Waals surface area contributed by atoms with Crippen LogP contribution in [0, 0.1) is 13.8 Å². The molecule has 1 aromatic carbocycles. The Balaban J connectivity index is 1.54. The van der Waals surface area contributed by atoms with Gasteiger partial charge in [-0.25, -0.2) is 14.8 Å². The van der Waals surface area contributed by atoms with Crippen LogP contribution in [0.3, 0.4) is 0 Å². The second-order valence-electron chi connectivity index (χ2n) is 6.26. The third-order valence-electron chi connectivity index (χ3n) is 4.04. The number of esters is 1. The van der Waals surface area contributed by atoms with Gasteiger partial charge in [0.2, 0.25) is 5.91 Å². The SMILES string of the molecule is C=CCOC(=O)c1sc(NC(=O)CCSc2cc(C)c3ccccc3n2)nc1C. The van der Waals surface area contributed by atoms with Crippen LogP contribution in [0.4, 0.5) is 5.13 Å². The van der Waals surface area contributed by atoms with E-state index in [4.69, 9.17) is 4.74 Å². The number of benzene rings is 1. The number of thioether (sulfide) groups is 1. The highest BCUT2D eigenvalue weighted by Crippen LogP contribution is 2.25. The van der Waals surface area contributed by atoms with Crippen molar-refractivity contribution in [2.75, 3.05) is 17.7 Å². The van der Waals surface area contributed by atoms with E-state index in [0.29, 0.717) is 27.9 Å². The van der Waals surface area contributed by atoms with Crippen molar-refractivity contribution in [2.24, 2.45) is 0 Å². The van der Waals surface area contributed by atoms with Gasteiger partial charge in [-0.15, -0.1) is 11.8 Å². The van der Waals surface area contributed by atoms with Crippen molar-refractivity contribution < 1.29 is 14.3 Å². The first-order chi connectivity index (χ1) is 14.0. The van der Waals surface area contributed by atoms with Gasteiger partial charge in [-0.2, -0.15) is 0 Å². The second kappa shape index (κ2) is 9.67. The number of nitrogens with one attached hydrogen (secondary N) is 1. The van der Waals surface area contributed by atoms with E-state index in [2.05, 4.69) is 34.9 Å². The van der Waals surface area contributed by atoms with Crippen LogP contribution in [0.25, 0.3) is 10.9 Å². The molecule has 2 heterocycles. The molecule has 150 valence electrons. The number of anilines is 1. The number of ether oxygens (including phenoxy) is 1. The van der Waals surface area contributed by atoms with Gasteiger partial charge in [0.05, 0.1) is 16.2 Å². The van der Waals surface area contributed by atoms with Crippen molar-refractivity contribution in [3.8, 4) is 0 Å². The minimum atomic E-state index is -0.464. The number of rotatable bonds is 8. The normalized spacial score (nSPS) is 10.7. The second-order valence-corrected chi connectivity index (χ2v) is 8.38. The number of pyridine rings is 1. The van der Waals surface area contributed by atoms with Crippen molar-refractivity contribution in [1.82, 2.24) is 9.97 Å². The minimum absolute atomic E-state index is 0.136. The van der Waals surface area contributed by atoms with Gasteiger partial charge in [0.1, 0.15) is 11.5 Å². The summed E-state index contributed by atoms with van der Waals surface area (Å²) < 4.78 is 5.02. The highest BCUT2D eigenvalue weighted by atomic mass is 32.2. The lowest BCUT2D eigenvalue weighted by atomic mass is 10.1. The summed E-state index contributed by atoms with van der Waals surface area (Å²) in [5.41, 5.74) is 2.65. The largest absolute Gasteiger partial charge is 0.457 e. The first-order valence-corrected chi connectivity index (χ1v) is 10.8. The van der Waals surface area contributed by atoms with Crippen LogP contribution in [-0.4, -0.2) is 34.2 Å². The maximum absolute atomic E-state index is 12.2. The standard InChI is InChI=1S/C21H21N3O3S2/c1-4-10-27-20(26)19-14(3)22-21(29-19)24-17(25)9-11-28-18-12-13(2)15-7-5-6-8-16(15)23-18/h4-8,12H,1,9-11H2,2-3H3,(H,22,24,25). The molecule has 0 aliphatic carbocycles. The molecule has 8 heteroatoms. The van der Waals surface area contributed by atoms with Gasteiger partial charge in [0.25, 0.3) is 0 Å². The van der Waals surface area contributed by atoms with Crippen LogP contribution < -0.4 is 5.32 Å². The molecule has 0 fully saturated rings. The van der Waals surface area contributed by atoms with Gasteiger partial charge < -0.3 is 10.1 Å². The van der Waals surface area contributed by atoms with Crippen LogP contribution in [0.15, 0.2) is 48.0 Å². The van der Waals surface area contributed by atoms with Gasteiger partial charge in [-0.1, -0.05) is 42.2 Å². The number of amides is 1. The number of hydrogen-bond acceptors (Lipinski definition) is 7. The fourth-order valence-corrected chi connectivity index (χ4v) is 4.46. The molecule has 3 aromatic rings. The molecule has 2 aromatic heterocycles. The Labute approximate surface area is 177 Å². The summed E-state index contributed by atoms with van der Waals surface area (Å²) in [6, 6.07) is 10.0. The van der Waals surface area contributed by atoms with E-state index in [0.717, 1.165) is 32.8 Å². The van der Waals surface area contributed by atoms with Crippen molar-refractivity contribution in [3.63, 3.8) is 0 Å². The lowest BCUT2D eigenvalue weighted by Gasteiger charge is -2.06. The fraction of sp³-hybridized carbons (Fsp3) is 0.238. The Bertz CT molecular complexity index is 1060. The number of thiazole rings is 1. The molecule has 1 N–H and O–H groups in total. The Hall–Kier alpha value is -2.71. The molecule has 0 unspecified atom stereocenters. The van der Waals surface area contributed by atoms with Crippen LogP contribution >= 0.6 is 23.1 Å². The van der Waals surface area contributed by atoms with Crippen molar-refractivity contribution in [3.05, 3.63) is 59.1 Å². The molecule has 1 amide bonds. The van der Waals surface area contributed by atoms with E-state index < -0.39 is 5.97 Å². The van der Waals surface area contributed by atoms with Crippen molar-refractivity contribution in [2.45, 2.75) is 25.3 Å². The molecular weight excluding hydrogens is 406 g/mol. The number of nitrogens with zero attached hydrogens (tertiary/aromatic N) is 2. The monoisotopic (exact) mass is 427 g/mol. The maximum Gasteiger partial charge on any atom is 0.350 e. The average Bonchev–Trinajstić information content (AvgIpc) is 3.06. The summed E-state index contributed by atoms with van der Waals surface area (Å²) >= 11 is 2.65. The molecular formula is C21H21N3O3S2. The number of fused-ring (bicyclic) bond motifs is 1. The predicted octanol–water partition coefficient (Wildman–Crippen LogP) is 4.77. The number of aryl methyl sites for hydroxylation is 2. The Kier molecular flexibility index (Phi) is 7.00. The molecule has 0 aliphatic heterocycles. The fourth-order valence-electron chi connectivity index (χ4n) is 2.66.